The lowest BCUT2D eigenvalue weighted by Gasteiger charge is -2.39. The zero-order valence-corrected chi connectivity index (χ0v) is 16.8. The molecule has 154 valence electrons. The first kappa shape index (κ1) is 20.7. The SMILES string of the molecule is CC(C)(C)C(CCC(=O)O)N1C=NC(c2ccc(F)cc2)(c2ccnc(N)n2)C1. The lowest BCUT2D eigenvalue weighted by atomic mass is 9.81. The third-order valence-corrected chi connectivity index (χ3v) is 5.29. The minimum atomic E-state index is -0.877. The van der Waals surface area contributed by atoms with Crippen molar-refractivity contribution >= 4 is 18.3 Å². The fourth-order valence-corrected chi connectivity index (χ4v) is 3.86. The Bertz CT molecular complexity index is 910. The van der Waals surface area contributed by atoms with Crippen molar-refractivity contribution in [3.05, 3.63) is 53.6 Å². The number of aliphatic imine (C=N–C) groups is 1. The maximum absolute atomic E-state index is 13.6. The van der Waals surface area contributed by atoms with E-state index in [0.717, 1.165) is 5.56 Å². The zero-order chi connectivity index (χ0) is 21.2. The molecule has 0 aliphatic carbocycles. The van der Waals surface area contributed by atoms with Gasteiger partial charge in [0.25, 0.3) is 0 Å². The van der Waals surface area contributed by atoms with Gasteiger partial charge in [-0.05, 0) is 35.6 Å². The Labute approximate surface area is 169 Å². The number of hydrogen-bond acceptors (Lipinski definition) is 6. The van der Waals surface area contributed by atoms with Crippen molar-refractivity contribution in [2.75, 3.05) is 12.3 Å². The van der Waals surface area contributed by atoms with E-state index < -0.39 is 11.5 Å². The number of anilines is 1. The molecule has 2 aromatic rings. The summed E-state index contributed by atoms with van der Waals surface area (Å²) < 4.78 is 13.6. The predicted octanol–water partition coefficient (Wildman–Crippen LogP) is 3.06. The number of nitrogens with zero attached hydrogens (tertiary/aromatic N) is 4. The van der Waals surface area contributed by atoms with E-state index in [4.69, 9.17) is 15.8 Å². The Morgan fingerprint density at radius 3 is 2.59 bits per heavy atom. The van der Waals surface area contributed by atoms with E-state index in [1.54, 1.807) is 30.7 Å². The summed E-state index contributed by atoms with van der Waals surface area (Å²) in [6.07, 6.45) is 3.87. The highest BCUT2D eigenvalue weighted by Crippen LogP contribution is 2.40. The van der Waals surface area contributed by atoms with Gasteiger partial charge in [0, 0.05) is 18.7 Å². The van der Waals surface area contributed by atoms with Crippen molar-refractivity contribution in [3.8, 4) is 0 Å². The lowest BCUT2D eigenvalue weighted by Crippen LogP contribution is -2.46. The van der Waals surface area contributed by atoms with Gasteiger partial charge in [-0.25, -0.2) is 14.4 Å². The number of benzene rings is 1. The summed E-state index contributed by atoms with van der Waals surface area (Å²) in [5.41, 5.74) is 6.16. The molecule has 0 fully saturated rings. The number of carbonyl (C=O) groups is 1. The first-order valence-corrected chi connectivity index (χ1v) is 9.50. The molecule has 1 aromatic heterocycles. The second kappa shape index (κ2) is 7.77. The van der Waals surface area contributed by atoms with E-state index in [1.165, 1.54) is 12.1 Å². The molecule has 0 radical (unpaired) electrons. The average molecular weight is 399 g/mol. The van der Waals surface area contributed by atoms with Gasteiger partial charge in [0.05, 0.1) is 18.6 Å². The Balaban J connectivity index is 2.02. The Hall–Kier alpha value is -3.03. The number of halogens is 1. The summed E-state index contributed by atoms with van der Waals surface area (Å²) in [5, 5.41) is 9.17. The second-order valence-corrected chi connectivity index (χ2v) is 8.40. The summed E-state index contributed by atoms with van der Waals surface area (Å²) in [6, 6.07) is 7.88. The first-order chi connectivity index (χ1) is 13.6. The third-order valence-electron chi connectivity index (χ3n) is 5.29. The Kier molecular flexibility index (Phi) is 5.55. The van der Waals surface area contributed by atoms with Crippen LogP contribution in [0.5, 0.6) is 0 Å². The van der Waals surface area contributed by atoms with Crippen LogP contribution in [0, 0.1) is 11.2 Å². The van der Waals surface area contributed by atoms with Crippen molar-refractivity contribution in [3.63, 3.8) is 0 Å². The van der Waals surface area contributed by atoms with Crippen LogP contribution in [0.15, 0.2) is 41.5 Å². The summed E-state index contributed by atoms with van der Waals surface area (Å²) in [4.78, 5) is 26.4. The number of rotatable bonds is 6. The van der Waals surface area contributed by atoms with Crippen LogP contribution < -0.4 is 5.73 Å². The third kappa shape index (κ3) is 4.36. The molecule has 0 spiro atoms. The fraction of sp³-hybridized carbons (Fsp3) is 0.429. The van der Waals surface area contributed by atoms with Crippen LogP contribution in [0.3, 0.4) is 0 Å². The molecule has 7 nitrogen and oxygen atoms in total. The van der Waals surface area contributed by atoms with Crippen LogP contribution >= 0.6 is 0 Å². The molecule has 0 amide bonds. The van der Waals surface area contributed by atoms with Crippen molar-refractivity contribution in [1.29, 1.82) is 0 Å². The molecule has 2 unspecified atom stereocenters. The number of hydrogen-bond donors (Lipinski definition) is 2. The average Bonchev–Trinajstić information content (AvgIpc) is 3.07. The Morgan fingerprint density at radius 2 is 2.00 bits per heavy atom. The predicted molar refractivity (Wildman–Crippen MR) is 109 cm³/mol. The fourth-order valence-electron chi connectivity index (χ4n) is 3.86. The molecule has 0 bridgehead atoms. The maximum Gasteiger partial charge on any atom is 0.303 e. The molecule has 29 heavy (non-hydrogen) atoms. The normalized spacial score (nSPS) is 20.1. The van der Waals surface area contributed by atoms with Crippen LogP contribution in [0.1, 0.15) is 44.9 Å². The van der Waals surface area contributed by atoms with Crippen molar-refractivity contribution in [1.82, 2.24) is 14.9 Å². The molecule has 1 aliphatic rings. The van der Waals surface area contributed by atoms with Crippen LogP contribution in [0.2, 0.25) is 0 Å². The van der Waals surface area contributed by atoms with Crippen LogP contribution in [-0.4, -0.2) is 44.9 Å². The van der Waals surface area contributed by atoms with Gasteiger partial charge in [-0.15, -0.1) is 0 Å². The van der Waals surface area contributed by atoms with Gasteiger partial charge < -0.3 is 15.7 Å². The van der Waals surface area contributed by atoms with Gasteiger partial charge in [-0.3, -0.25) is 9.79 Å². The van der Waals surface area contributed by atoms with Crippen molar-refractivity contribution in [2.45, 2.75) is 45.2 Å². The lowest BCUT2D eigenvalue weighted by molar-refractivity contribution is -0.137. The molecule has 2 heterocycles. The highest BCUT2D eigenvalue weighted by molar-refractivity contribution is 5.67. The summed E-state index contributed by atoms with van der Waals surface area (Å²) in [6.45, 7) is 6.67. The molecule has 8 heteroatoms. The quantitative estimate of drug-likeness (QED) is 0.773. The molecular formula is C21H26FN5O2. The molecule has 0 saturated carbocycles. The Morgan fingerprint density at radius 1 is 1.31 bits per heavy atom. The summed E-state index contributed by atoms with van der Waals surface area (Å²) in [5.74, 6) is -1.03. The second-order valence-electron chi connectivity index (χ2n) is 8.40. The number of aromatic nitrogens is 2. The minimum absolute atomic E-state index is 0.0520. The molecule has 1 aliphatic heterocycles. The highest BCUT2D eigenvalue weighted by atomic mass is 19.1. The number of nitrogens with two attached hydrogens (primary N) is 1. The van der Waals surface area contributed by atoms with Crippen LogP contribution in [-0.2, 0) is 10.3 Å². The van der Waals surface area contributed by atoms with Crippen LogP contribution in [0.25, 0.3) is 0 Å². The number of nitrogen functional groups attached to an aromatic ring is 1. The number of carboxylic acids is 1. The number of carboxylic acid groups (broad SMARTS) is 1. The molecule has 2 atom stereocenters. The largest absolute Gasteiger partial charge is 0.481 e. The van der Waals surface area contributed by atoms with Gasteiger partial charge in [-0.2, -0.15) is 0 Å². The van der Waals surface area contributed by atoms with Gasteiger partial charge in [0.1, 0.15) is 11.4 Å². The summed E-state index contributed by atoms with van der Waals surface area (Å²) in [7, 11) is 0. The molecule has 0 saturated heterocycles. The minimum Gasteiger partial charge on any atom is -0.481 e. The number of aliphatic carboxylic acids is 1. The van der Waals surface area contributed by atoms with E-state index in [0.29, 0.717) is 18.7 Å². The van der Waals surface area contributed by atoms with E-state index in [9.17, 15) is 9.18 Å². The summed E-state index contributed by atoms with van der Waals surface area (Å²) >= 11 is 0. The van der Waals surface area contributed by atoms with Gasteiger partial charge in [-0.1, -0.05) is 32.9 Å². The van der Waals surface area contributed by atoms with Crippen LogP contribution in [0.4, 0.5) is 10.3 Å². The smallest absolute Gasteiger partial charge is 0.303 e. The van der Waals surface area contributed by atoms with Gasteiger partial charge in [0.2, 0.25) is 5.95 Å². The molecule has 1 aromatic carbocycles. The topological polar surface area (TPSA) is 105 Å². The van der Waals surface area contributed by atoms with E-state index in [2.05, 4.69) is 35.6 Å². The maximum atomic E-state index is 13.6. The molecular weight excluding hydrogens is 373 g/mol. The van der Waals surface area contributed by atoms with Gasteiger partial charge in [0.15, 0.2) is 0 Å². The van der Waals surface area contributed by atoms with E-state index in [1.807, 2.05) is 0 Å². The van der Waals surface area contributed by atoms with Gasteiger partial charge >= 0.3 is 5.97 Å². The molecule has 3 rings (SSSR count). The standard InChI is InChI=1S/C21H26FN5O2/c1-20(2,3)17(8-9-18(28)29)27-12-21(25-13-27,14-4-6-15(22)7-5-14)16-10-11-24-19(23)26-16/h4-7,10-11,13,17H,8-9,12H2,1-3H3,(H,28,29)(H2,23,24,26). The van der Waals surface area contributed by atoms with Crippen molar-refractivity contribution < 1.29 is 14.3 Å². The monoisotopic (exact) mass is 399 g/mol. The van der Waals surface area contributed by atoms with E-state index in [-0.39, 0.29) is 29.6 Å². The first-order valence-electron chi connectivity index (χ1n) is 9.50. The van der Waals surface area contributed by atoms with Crippen molar-refractivity contribution in [2.24, 2.45) is 10.4 Å². The van der Waals surface area contributed by atoms with E-state index >= 15 is 0 Å². The molecule has 3 N–H and O–H groups in total. The zero-order valence-electron chi connectivity index (χ0n) is 16.8. The highest BCUT2D eigenvalue weighted by Gasteiger charge is 2.44.